The van der Waals surface area contributed by atoms with Gasteiger partial charge in [0.15, 0.2) is 0 Å². The van der Waals surface area contributed by atoms with Crippen LogP contribution >= 0.6 is 0 Å². The van der Waals surface area contributed by atoms with Crippen LogP contribution in [0.1, 0.15) is 5.56 Å². The van der Waals surface area contributed by atoms with Gasteiger partial charge in [0, 0.05) is 5.56 Å². The first-order chi connectivity index (χ1) is 5.55. The van der Waals surface area contributed by atoms with Crippen molar-refractivity contribution in [1.82, 2.24) is 0 Å². The minimum absolute atomic E-state index is 0. The Balaban J connectivity index is 0. The topological polar surface area (TPSA) is 112 Å². The van der Waals surface area contributed by atoms with E-state index < -0.39 is 11.8 Å². The van der Waals surface area contributed by atoms with E-state index >= 15 is 0 Å². The number of hydrogen-bond donors (Lipinski definition) is 2. The standard InChI is InChI=1S/C8H8O4.Na.H2O/c9-7(10)8(11,12)6-4-2-1-3-5-6;;/h1-5,11-12H,(H,9,10);;1H2/q;+1;/p-1. The van der Waals surface area contributed by atoms with E-state index in [1.165, 1.54) is 24.3 Å². The van der Waals surface area contributed by atoms with Crippen LogP contribution in [-0.4, -0.2) is 21.7 Å². The average Bonchev–Trinajstić information content (AvgIpc) is 2.06. The maximum Gasteiger partial charge on any atom is 1.00 e. The molecule has 14 heavy (non-hydrogen) atoms. The van der Waals surface area contributed by atoms with Gasteiger partial charge in [0.2, 0.25) is 5.79 Å². The van der Waals surface area contributed by atoms with Crippen LogP contribution in [0.15, 0.2) is 30.3 Å². The smallest absolute Gasteiger partial charge is 0.544 e. The zero-order valence-corrected chi connectivity index (χ0v) is 9.60. The van der Waals surface area contributed by atoms with Gasteiger partial charge >= 0.3 is 29.6 Å². The molecule has 0 amide bonds. The molecule has 0 aliphatic rings. The van der Waals surface area contributed by atoms with Crippen molar-refractivity contribution in [2.24, 2.45) is 0 Å². The van der Waals surface area contributed by atoms with Crippen molar-refractivity contribution in [2.45, 2.75) is 5.79 Å². The van der Waals surface area contributed by atoms with E-state index in [-0.39, 0.29) is 40.6 Å². The van der Waals surface area contributed by atoms with Crippen LogP contribution in [-0.2, 0) is 10.6 Å². The van der Waals surface area contributed by atoms with E-state index in [0.717, 1.165) is 0 Å². The third kappa shape index (κ3) is 3.38. The van der Waals surface area contributed by atoms with Crippen molar-refractivity contribution in [1.29, 1.82) is 0 Å². The number of aliphatic hydroxyl groups is 2. The fraction of sp³-hybridized carbons (Fsp3) is 0.125. The molecule has 1 rings (SSSR count). The number of carbonyl (C=O) groups is 1. The summed E-state index contributed by atoms with van der Waals surface area (Å²) >= 11 is 0. The number of carboxylic acids is 1. The molecular weight excluding hydrogens is 199 g/mol. The minimum atomic E-state index is -2.90. The Morgan fingerprint density at radius 2 is 1.64 bits per heavy atom. The quantitative estimate of drug-likeness (QED) is 0.373. The Morgan fingerprint density at radius 3 is 2.00 bits per heavy atom. The Morgan fingerprint density at radius 1 is 1.21 bits per heavy atom. The normalized spacial score (nSPS) is 9.57. The van der Waals surface area contributed by atoms with E-state index in [2.05, 4.69) is 0 Å². The molecule has 0 heterocycles. The average molecular weight is 208 g/mol. The predicted octanol–water partition coefficient (Wildman–Crippen LogP) is -5.25. The summed E-state index contributed by atoms with van der Waals surface area (Å²) in [6, 6.07) is 7.21. The minimum Gasteiger partial charge on any atom is -0.544 e. The van der Waals surface area contributed by atoms with Crippen molar-refractivity contribution in [3.8, 4) is 0 Å². The van der Waals surface area contributed by atoms with E-state index in [1.54, 1.807) is 6.07 Å². The molecule has 0 atom stereocenters. The van der Waals surface area contributed by atoms with Gasteiger partial charge in [-0.2, -0.15) is 0 Å². The van der Waals surface area contributed by atoms with E-state index in [1.807, 2.05) is 0 Å². The van der Waals surface area contributed by atoms with E-state index in [4.69, 9.17) is 10.2 Å². The van der Waals surface area contributed by atoms with Gasteiger partial charge in [0.1, 0.15) is 5.97 Å². The third-order valence-corrected chi connectivity index (χ3v) is 1.46. The maximum absolute atomic E-state index is 10.2. The van der Waals surface area contributed by atoms with Gasteiger partial charge in [-0.1, -0.05) is 30.3 Å². The molecule has 4 N–H and O–H groups in total. The molecular formula is C8H9NaO5. The molecule has 0 fully saturated rings. The van der Waals surface area contributed by atoms with Gasteiger partial charge in [-0.3, -0.25) is 0 Å². The Kier molecular flexibility index (Phi) is 7.01. The molecule has 0 aliphatic heterocycles. The number of benzene rings is 1. The number of hydrogen-bond acceptors (Lipinski definition) is 4. The summed E-state index contributed by atoms with van der Waals surface area (Å²) in [7, 11) is 0. The Hall–Kier alpha value is -0.430. The molecule has 0 bridgehead atoms. The monoisotopic (exact) mass is 208 g/mol. The van der Waals surface area contributed by atoms with Crippen molar-refractivity contribution >= 4 is 5.97 Å². The van der Waals surface area contributed by atoms with Gasteiger partial charge in [0.05, 0.1) is 0 Å². The van der Waals surface area contributed by atoms with Crippen molar-refractivity contribution in [3.05, 3.63) is 35.9 Å². The van der Waals surface area contributed by atoms with Crippen LogP contribution in [0.3, 0.4) is 0 Å². The van der Waals surface area contributed by atoms with Crippen LogP contribution in [0.2, 0.25) is 0 Å². The summed E-state index contributed by atoms with van der Waals surface area (Å²) in [5.74, 6) is -4.84. The second-order valence-electron chi connectivity index (χ2n) is 2.33. The summed E-state index contributed by atoms with van der Waals surface area (Å²) < 4.78 is 0. The first-order valence-electron chi connectivity index (χ1n) is 3.27. The molecule has 6 heteroatoms. The zero-order valence-electron chi connectivity index (χ0n) is 7.60. The van der Waals surface area contributed by atoms with Crippen LogP contribution < -0.4 is 34.7 Å². The molecule has 0 radical (unpaired) electrons. The number of carbonyl (C=O) groups excluding carboxylic acids is 1. The predicted molar refractivity (Wildman–Crippen MR) is 41.2 cm³/mol. The SMILES string of the molecule is O.O=C([O-])C(O)(O)c1ccccc1.[Na+]. The Bertz CT molecular complexity index is 285. The van der Waals surface area contributed by atoms with Crippen LogP contribution in [0, 0.1) is 0 Å². The largest absolute Gasteiger partial charge is 1.00 e. The summed E-state index contributed by atoms with van der Waals surface area (Å²) in [5.41, 5.74) is -0.120. The number of carboxylic acid groups (broad SMARTS) is 1. The Labute approximate surface area is 103 Å². The zero-order chi connectivity index (χ0) is 9.19. The summed E-state index contributed by atoms with van der Waals surface area (Å²) in [5, 5.41) is 28.1. The number of aliphatic carboxylic acids is 1. The second kappa shape index (κ2) is 6.13. The third-order valence-electron chi connectivity index (χ3n) is 1.46. The number of rotatable bonds is 2. The van der Waals surface area contributed by atoms with Crippen LogP contribution in [0.4, 0.5) is 0 Å². The van der Waals surface area contributed by atoms with E-state index in [0.29, 0.717) is 0 Å². The molecule has 1 aromatic rings. The van der Waals surface area contributed by atoms with Gasteiger partial charge in [-0.25, -0.2) is 0 Å². The van der Waals surface area contributed by atoms with Crippen LogP contribution in [0.5, 0.6) is 0 Å². The second-order valence-corrected chi connectivity index (χ2v) is 2.33. The molecule has 1 aromatic carbocycles. The molecule has 0 spiro atoms. The van der Waals surface area contributed by atoms with Gasteiger partial charge in [-0.15, -0.1) is 0 Å². The first kappa shape index (κ1) is 16.0. The van der Waals surface area contributed by atoms with Gasteiger partial charge in [-0.05, 0) is 0 Å². The molecule has 0 aliphatic carbocycles. The summed E-state index contributed by atoms with van der Waals surface area (Å²) in [6.45, 7) is 0. The van der Waals surface area contributed by atoms with Crippen molar-refractivity contribution in [3.63, 3.8) is 0 Å². The maximum atomic E-state index is 10.2. The molecule has 72 valence electrons. The van der Waals surface area contributed by atoms with Gasteiger partial charge in [0.25, 0.3) is 0 Å². The van der Waals surface area contributed by atoms with Crippen molar-refractivity contribution < 1.29 is 55.1 Å². The fourth-order valence-electron chi connectivity index (χ4n) is 0.788. The fourth-order valence-corrected chi connectivity index (χ4v) is 0.788. The first-order valence-corrected chi connectivity index (χ1v) is 3.27. The van der Waals surface area contributed by atoms with E-state index in [9.17, 15) is 9.90 Å². The molecule has 0 saturated heterocycles. The van der Waals surface area contributed by atoms with Crippen molar-refractivity contribution in [2.75, 3.05) is 0 Å². The molecule has 0 saturated carbocycles. The summed E-state index contributed by atoms with van der Waals surface area (Å²) in [4.78, 5) is 10.2. The van der Waals surface area contributed by atoms with Crippen LogP contribution in [0.25, 0.3) is 0 Å². The molecule has 0 aromatic heterocycles. The summed E-state index contributed by atoms with van der Waals surface area (Å²) in [6.07, 6.45) is 0. The van der Waals surface area contributed by atoms with Gasteiger partial charge < -0.3 is 25.6 Å². The molecule has 0 unspecified atom stereocenters. The molecule has 5 nitrogen and oxygen atoms in total.